The summed E-state index contributed by atoms with van der Waals surface area (Å²) in [6.07, 6.45) is 3.16. The van der Waals surface area contributed by atoms with Gasteiger partial charge in [-0.3, -0.25) is 0 Å². The van der Waals surface area contributed by atoms with E-state index in [0.29, 0.717) is 23.7 Å². The summed E-state index contributed by atoms with van der Waals surface area (Å²) in [7, 11) is 1.53. The van der Waals surface area contributed by atoms with Crippen LogP contribution in [0.4, 0.5) is 0 Å². The summed E-state index contributed by atoms with van der Waals surface area (Å²) in [6.45, 7) is 2.47. The fourth-order valence-electron chi connectivity index (χ4n) is 1.00. The number of pyridine rings is 1. The molecule has 78 valence electrons. The van der Waals surface area contributed by atoms with E-state index in [1.54, 1.807) is 18.2 Å². The Morgan fingerprint density at radius 2 is 2.33 bits per heavy atom. The van der Waals surface area contributed by atoms with E-state index in [9.17, 15) is 0 Å². The van der Waals surface area contributed by atoms with Crippen molar-refractivity contribution in [2.75, 3.05) is 13.7 Å². The average molecular weight is 204 g/mol. The zero-order valence-corrected chi connectivity index (χ0v) is 8.73. The number of ether oxygens (including phenoxy) is 2. The molecule has 0 unspecified atom stereocenters. The Balaban J connectivity index is 2.97. The number of hydrogen-bond acceptors (Lipinski definition) is 4. The first-order chi connectivity index (χ1) is 7.31. The minimum absolute atomic E-state index is 0.477. The minimum atomic E-state index is 0.477. The minimum Gasteiger partial charge on any atom is -0.501 e. The van der Waals surface area contributed by atoms with Crippen LogP contribution in [-0.2, 0) is 4.74 Å². The van der Waals surface area contributed by atoms with E-state index in [-0.39, 0.29) is 0 Å². The van der Waals surface area contributed by atoms with Crippen LogP contribution in [-0.4, -0.2) is 18.7 Å². The van der Waals surface area contributed by atoms with Gasteiger partial charge in [0.05, 0.1) is 31.2 Å². The Bertz CT molecular complexity index is 394. The molecule has 0 N–H and O–H groups in total. The highest BCUT2D eigenvalue weighted by molar-refractivity contribution is 5.54. The van der Waals surface area contributed by atoms with Crippen molar-refractivity contribution in [3.05, 3.63) is 29.7 Å². The van der Waals surface area contributed by atoms with Crippen molar-refractivity contribution in [2.24, 2.45) is 0 Å². The van der Waals surface area contributed by atoms with Crippen molar-refractivity contribution < 1.29 is 9.47 Å². The average Bonchev–Trinajstić information content (AvgIpc) is 2.29. The van der Waals surface area contributed by atoms with E-state index in [0.717, 1.165) is 0 Å². The first-order valence-corrected chi connectivity index (χ1v) is 4.55. The lowest BCUT2D eigenvalue weighted by Crippen LogP contribution is -1.93. The third-order valence-electron chi connectivity index (χ3n) is 1.72. The number of methoxy groups -OCH3 is 1. The molecular weight excluding hydrogens is 192 g/mol. The highest BCUT2D eigenvalue weighted by Crippen LogP contribution is 2.13. The summed E-state index contributed by atoms with van der Waals surface area (Å²) in [4.78, 5) is 4.12. The van der Waals surface area contributed by atoms with Gasteiger partial charge < -0.3 is 9.47 Å². The summed E-state index contributed by atoms with van der Waals surface area (Å²) in [6, 6.07) is 5.36. The second-order valence-corrected chi connectivity index (χ2v) is 2.66. The first-order valence-electron chi connectivity index (χ1n) is 4.55. The van der Waals surface area contributed by atoms with Crippen molar-refractivity contribution >= 4 is 6.08 Å². The van der Waals surface area contributed by atoms with Gasteiger partial charge in [0, 0.05) is 6.07 Å². The van der Waals surface area contributed by atoms with Crippen LogP contribution in [0.25, 0.3) is 6.08 Å². The van der Waals surface area contributed by atoms with E-state index in [1.165, 1.54) is 13.4 Å². The summed E-state index contributed by atoms with van der Waals surface area (Å²) in [5, 5.41) is 8.83. The highest BCUT2D eigenvalue weighted by Gasteiger charge is 2.02. The van der Waals surface area contributed by atoms with Gasteiger partial charge in [-0.2, -0.15) is 5.26 Å². The molecule has 1 rings (SSSR count). The molecule has 4 heteroatoms. The molecule has 1 aromatic rings. The van der Waals surface area contributed by atoms with Crippen LogP contribution in [0, 0.1) is 11.3 Å². The van der Waals surface area contributed by atoms with E-state index in [2.05, 4.69) is 4.98 Å². The zero-order valence-electron chi connectivity index (χ0n) is 8.73. The second kappa shape index (κ2) is 5.66. The Kier molecular flexibility index (Phi) is 4.17. The zero-order chi connectivity index (χ0) is 11.1. The van der Waals surface area contributed by atoms with Crippen LogP contribution in [0.2, 0.25) is 0 Å². The summed E-state index contributed by atoms with van der Waals surface area (Å²) < 4.78 is 10.0. The van der Waals surface area contributed by atoms with Gasteiger partial charge in [-0.25, -0.2) is 4.98 Å². The molecule has 0 saturated heterocycles. The molecule has 0 radical (unpaired) electrons. The summed E-state index contributed by atoms with van der Waals surface area (Å²) in [5.41, 5.74) is 1.04. The number of aromatic nitrogens is 1. The van der Waals surface area contributed by atoms with Gasteiger partial charge in [0.15, 0.2) is 0 Å². The highest BCUT2D eigenvalue weighted by atomic mass is 16.5. The van der Waals surface area contributed by atoms with Gasteiger partial charge in [-0.15, -0.1) is 0 Å². The van der Waals surface area contributed by atoms with Gasteiger partial charge in [0.25, 0.3) is 0 Å². The van der Waals surface area contributed by atoms with Crippen LogP contribution < -0.4 is 4.74 Å². The molecule has 0 aliphatic carbocycles. The Morgan fingerprint density at radius 1 is 1.53 bits per heavy atom. The van der Waals surface area contributed by atoms with Gasteiger partial charge in [-0.1, -0.05) is 0 Å². The fraction of sp³-hybridized carbons (Fsp3) is 0.273. The van der Waals surface area contributed by atoms with Crippen molar-refractivity contribution in [3.63, 3.8) is 0 Å². The van der Waals surface area contributed by atoms with Crippen LogP contribution in [0.1, 0.15) is 18.2 Å². The van der Waals surface area contributed by atoms with Crippen LogP contribution in [0.5, 0.6) is 5.88 Å². The van der Waals surface area contributed by atoms with Gasteiger partial charge in [0.1, 0.15) is 6.07 Å². The van der Waals surface area contributed by atoms with Crippen molar-refractivity contribution in [3.8, 4) is 11.9 Å². The van der Waals surface area contributed by atoms with E-state index in [1.807, 2.05) is 13.0 Å². The Morgan fingerprint density at radius 3 is 2.93 bits per heavy atom. The molecule has 4 nitrogen and oxygen atoms in total. The number of hydrogen-bond donors (Lipinski definition) is 0. The maximum absolute atomic E-state index is 8.83. The third kappa shape index (κ3) is 2.99. The molecular formula is C11H12N2O2. The van der Waals surface area contributed by atoms with Crippen molar-refractivity contribution in [1.29, 1.82) is 5.26 Å². The topological polar surface area (TPSA) is 55.1 Å². The van der Waals surface area contributed by atoms with Crippen molar-refractivity contribution in [2.45, 2.75) is 6.92 Å². The lowest BCUT2D eigenvalue weighted by Gasteiger charge is -2.01. The molecule has 0 aromatic carbocycles. The van der Waals surface area contributed by atoms with Gasteiger partial charge >= 0.3 is 0 Å². The van der Waals surface area contributed by atoms with E-state index in [4.69, 9.17) is 14.7 Å². The summed E-state index contributed by atoms with van der Waals surface area (Å²) in [5.74, 6) is 0.477. The molecule has 0 fully saturated rings. The molecule has 0 saturated carbocycles. The SMILES string of the molecule is CCOC=Cc1nc(OC)ccc1C#N. The predicted molar refractivity (Wildman–Crippen MR) is 56.2 cm³/mol. The standard InChI is InChI=1S/C11H12N2O2/c1-3-15-7-6-10-9(8-12)4-5-11(13-10)14-2/h4-7H,3H2,1-2H3. The van der Waals surface area contributed by atoms with Gasteiger partial charge in [0.2, 0.25) is 5.88 Å². The fourth-order valence-corrected chi connectivity index (χ4v) is 1.00. The van der Waals surface area contributed by atoms with Crippen LogP contribution in [0.3, 0.4) is 0 Å². The molecule has 0 aliphatic heterocycles. The monoisotopic (exact) mass is 204 g/mol. The first kappa shape index (κ1) is 11.1. The maximum Gasteiger partial charge on any atom is 0.213 e. The molecule has 0 aliphatic rings. The third-order valence-corrected chi connectivity index (χ3v) is 1.72. The summed E-state index contributed by atoms with van der Waals surface area (Å²) >= 11 is 0. The Labute approximate surface area is 88.8 Å². The normalized spacial score (nSPS) is 9.93. The molecule has 15 heavy (non-hydrogen) atoms. The molecule has 0 spiro atoms. The number of rotatable bonds is 4. The lowest BCUT2D eigenvalue weighted by atomic mass is 10.2. The largest absolute Gasteiger partial charge is 0.501 e. The second-order valence-electron chi connectivity index (χ2n) is 2.66. The number of nitrogens with zero attached hydrogens (tertiary/aromatic N) is 2. The molecule has 0 amide bonds. The molecule has 0 atom stereocenters. The quantitative estimate of drug-likeness (QED) is 0.703. The predicted octanol–water partition coefficient (Wildman–Crippen LogP) is 1.97. The smallest absolute Gasteiger partial charge is 0.213 e. The van der Waals surface area contributed by atoms with Crippen molar-refractivity contribution in [1.82, 2.24) is 4.98 Å². The van der Waals surface area contributed by atoms with E-state index < -0.39 is 0 Å². The van der Waals surface area contributed by atoms with E-state index >= 15 is 0 Å². The molecule has 1 aromatic heterocycles. The van der Waals surface area contributed by atoms with Crippen LogP contribution >= 0.6 is 0 Å². The van der Waals surface area contributed by atoms with Crippen LogP contribution in [0.15, 0.2) is 18.4 Å². The number of nitriles is 1. The lowest BCUT2D eigenvalue weighted by molar-refractivity contribution is 0.272. The van der Waals surface area contributed by atoms with Gasteiger partial charge in [-0.05, 0) is 19.1 Å². The Hall–Kier alpha value is -2.02. The molecule has 1 heterocycles. The molecule has 0 bridgehead atoms. The maximum atomic E-state index is 8.83.